The number of carbonyl (C=O) groups is 1. The highest BCUT2D eigenvalue weighted by atomic mass is 32.1. The average Bonchev–Trinajstić information content (AvgIpc) is 2.91. The van der Waals surface area contributed by atoms with Crippen LogP contribution in [0, 0.1) is 0 Å². The molecular formula is C14H15NO2S. The Morgan fingerprint density at radius 2 is 2.17 bits per heavy atom. The standard InChI is InChI=1S/C14H15NO2S/c1-3-10(2)15-12(13-5-4-8-18-13)7-6-11(9-16)14(15)17/h4-10H,3H2,1-2H3. The molecule has 0 amide bonds. The fourth-order valence-electron chi connectivity index (χ4n) is 1.90. The van der Waals surface area contributed by atoms with Gasteiger partial charge in [0.1, 0.15) is 0 Å². The smallest absolute Gasteiger partial charge is 0.261 e. The Kier molecular flexibility index (Phi) is 3.77. The first kappa shape index (κ1) is 12.8. The van der Waals surface area contributed by atoms with Crippen LogP contribution < -0.4 is 5.56 Å². The number of nitrogens with zero attached hydrogens (tertiary/aromatic N) is 1. The topological polar surface area (TPSA) is 39.1 Å². The van der Waals surface area contributed by atoms with Gasteiger partial charge in [-0.05, 0) is 36.9 Å². The normalized spacial score (nSPS) is 12.3. The van der Waals surface area contributed by atoms with E-state index in [1.54, 1.807) is 22.0 Å². The van der Waals surface area contributed by atoms with Crippen LogP contribution in [0.1, 0.15) is 36.7 Å². The predicted octanol–water partition coefficient (Wildman–Crippen LogP) is 3.36. The molecule has 2 heterocycles. The summed E-state index contributed by atoms with van der Waals surface area (Å²) in [5.41, 5.74) is 0.899. The molecule has 0 aliphatic rings. The van der Waals surface area contributed by atoms with Crippen LogP contribution in [0.15, 0.2) is 34.4 Å². The summed E-state index contributed by atoms with van der Waals surface area (Å²) in [6.07, 6.45) is 1.47. The Bertz CT molecular complexity index is 599. The first-order valence-electron chi connectivity index (χ1n) is 5.93. The fraction of sp³-hybridized carbons (Fsp3) is 0.286. The number of aldehydes is 1. The van der Waals surface area contributed by atoms with Crippen LogP contribution >= 0.6 is 11.3 Å². The molecule has 0 fully saturated rings. The van der Waals surface area contributed by atoms with Gasteiger partial charge in [-0.15, -0.1) is 11.3 Å². The van der Waals surface area contributed by atoms with Crippen molar-refractivity contribution in [2.45, 2.75) is 26.3 Å². The summed E-state index contributed by atoms with van der Waals surface area (Å²) in [5.74, 6) is 0. The van der Waals surface area contributed by atoms with Crippen molar-refractivity contribution in [3.05, 3.63) is 45.6 Å². The van der Waals surface area contributed by atoms with Crippen LogP contribution in [0.2, 0.25) is 0 Å². The van der Waals surface area contributed by atoms with E-state index in [9.17, 15) is 9.59 Å². The monoisotopic (exact) mass is 261 g/mol. The fourth-order valence-corrected chi connectivity index (χ4v) is 2.65. The van der Waals surface area contributed by atoms with Crippen LogP contribution in [0.4, 0.5) is 0 Å². The molecule has 2 rings (SSSR count). The number of hydrogen-bond donors (Lipinski definition) is 0. The van der Waals surface area contributed by atoms with E-state index in [1.807, 2.05) is 37.4 Å². The summed E-state index contributed by atoms with van der Waals surface area (Å²) in [5, 5.41) is 1.98. The van der Waals surface area contributed by atoms with Gasteiger partial charge in [-0.1, -0.05) is 13.0 Å². The second-order valence-electron chi connectivity index (χ2n) is 4.20. The van der Waals surface area contributed by atoms with Gasteiger partial charge in [0.25, 0.3) is 5.56 Å². The zero-order valence-electron chi connectivity index (χ0n) is 10.4. The van der Waals surface area contributed by atoms with Crippen molar-refractivity contribution in [3.63, 3.8) is 0 Å². The molecule has 0 bridgehead atoms. The van der Waals surface area contributed by atoms with E-state index in [2.05, 4.69) is 0 Å². The van der Waals surface area contributed by atoms with Gasteiger partial charge in [0.2, 0.25) is 0 Å². The number of thiophene rings is 1. The second kappa shape index (κ2) is 5.31. The maximum atomic E-state index is 12.3. The minimum atomic E-state index is -0.203. The summed E-state index contributed by atoms with van der Waals surface area (Å²) in [7, 11) is 0. The quantitative estimate of drug-likeness (QED) is 0.792. The highest BCUT2D eigenvalue weighted by molar-refractivity contribution is 7.13. The minimum Gasteiger partial charge on any atom is -0.304 e. The second-order valence-corrected chi connectivity index (χ2v) is 5.15. The summed E-state index contributed by atoms with van der Waals surface area (Å²) in [6, 6.07) is 7.47. The molecule has 0 N–H and O–H groups in total. The highest BCUT2D eigenvalue weighted by Gasteiger charge is 2.14. The van der Waals surface area contributed by atoms with Crippen molar-refractivity contribution < 1.29 is 4.79 Å². The number of carbonyl (C=O) groups excluding carboxylic acids is 1. The van der Waals surface area contributed by atoms with Crippen molar-refractivity contribution in [1.29, 1.82) is 0 Å². The summed E-state index contributed by atoms with van der Waals surface area (Å²) >= 11 is 1.59. The van der Waals surface area contributed by atoms with Gasteiger partial charge in [0, 0.05) is 6.04 Å². The van der Waals surface area contributed by atoms with E-state index in [1.165, 1.54) is 0 Å². The largest absolute Gasteiger partial charge is 0.304 e. The number of hydrogen-bond acceptors (Lipinski definition) is 3. The molecule has 0 radical (unpaired) electrons. The Hall–Kier alpha value is -1.68. The van der Waals surface area contributed by atoms with Gasteiger partial charge in [0.05, 0.1) is 16.1 Å². The Morgan fingerprint density at radius 1 is 1.39 bits per heavy atom. The third kappa shape index (κ3) is 2.16. The predicted molar refractivity (Wildman–Crippen MR) is 74.4 cm³/mol. The zero-order valence-corrected chi connectivity index (χ0v) is 11.2. The molecule has 0 aromatic carbocycles. The van der Waals surface area contributed by atoms with Gasteiger partial charge < -0.3 is 4.57 Å². The van der Waals surface area contributed by atoms with Crippen molar-refractivity contribution in [2.75, 3.05) is 0 Å². The van der Waals surface area contributed by atoms with Crippen molar-refractivity contribution in [2.24, 2.45) is 0 Å². The van der Waals surface area contributed by atoms with Crippen LogP contribution in [-0.2, 0) is 0 Å². The Morgan fingerprint density at radius 3 is 2.72 bits per heavy atom. The first-order valence-corrected chi connectivity index (χ1v) is 6.81. The van der Waals surface area contributed by atoms with E-state index in [4.69, 9.17) is 0 Å². The van der Waals surface area contributed by atoms with Gasteiger partial charge >= 0.3 is 0 Å². The molecule has 0 saturated heterocycles. The summed E-state index contributed by atoms with van der Waals surface area (Å²) in [4.78, 5) is 24.2. The number of pyridine rings is 1. The highest BCUT2D eigenvalue weighted by Crippen LogP contribution is 2.26. The molecule has 4 heteroatoms. The third-order valence-electron chi connectivity index (χ3n) is 3.08. The summed E-state index contributed by atoms with van der Waals surface area (Å²) in [6.45, 7) is 4.02. The zero-order chi connectivity index (χ0) is 13.1. The molecule has 0 saturated carbocycles. The lowest BCUT2D eigenvalue weighted by Gasteiger charge is -2.18. The molecule has 0 spiro atoms. The van der Waals surface area contributed by atoms with Crippen LogP contribution in [0.5, 0.6) is 0 Å². The molecule has 2 aromatic rings. The molecule has 18 heavy (non-hydrogen) atoms. The van der Waals surface area contributed by atoms with E-state index in [0.717, 1.165) is 17.0 Å². The molecule has 94 valence electrons. The maximum absolute atomic E-state index is 12.3. The lowest BCUT2D eigenvalue weighted by molar-refractivity contribution is 0.112. The van der Waals surface area contributed by atoms with Gasteiger partial charge in [-0.3, -0.25) is 9.59 Å². The maximum Gasteiger partial charge on any atom is 0.261 e. The number of rotatable bonds is 4. The van der Waals surface area contributed by atoms with Crippen molar-refractivity contribution in [3.8, 4) is 10.6 Å². The van der Waals surface area contributed by atoms with E-state index < -0.39 is 0 Å². The molecular weight excluding hydrogens is 246 g/mol. The number of aromatic nitrogens is 1. The van der Waals surface area contributed by atoms with Crippen molar-refractivity contribution in [1.82, 2.24) is 4.57 Å². The minimum absolute atomic E-state index is 0.0782. The van der Waals surface area contributed by atoms with E-state index in [0.29, 0.717) is 6.29 Å². The van der Waals surface area contributed by atoms with Gasteiger partial charge in [-0.2, -0.15) is 0 Å². The lowest BCUT2D eigenvalue weighted by atomic mass is 10.1. The van der Waals surface area contributed by atoms with Crippen LogP contribution in [0.25, 0.3) is 10.6 Å². The van der Waals surface area contributed by atoms with Gasteiger partial charge in [0.15, 0.2) is 6.29 Å². The molecule has 3 nitrogen and oxygen atoms in total. The Labute approximate surface area is 110 Å². The van der Waals surface area contributed by atoms with Crippen LogP contribution in [-0.4, -0.2) is 10.9 Å². The molecule has 1 atom stereocenters. The van der Waals surface area contributed by atoms with Crippen LogP contribution in [0.3, 0.4) is 0 Å². The summed E-state index contributed by atoms with van der Waals surface area (Å²) < 4.78 is 1.72. The first-order chi connectivity index (χ1) is 8.69. The van der Waals surface area contributed by atoms with E-state index >= 15 is 0 Å². The molecule has 2 aromatic heterocycles. The lowest BCUT2D eigenvalue weighted by Crippen LogP contribution is -2.27. The molecule has 1 unspecified atom stereocenters. The van der Waals surface area contributed by atoms with E-state index in [-0.39, 0.29) is 17.2 Å². The van der Waals surface area contributed by atoms with Gasteiger partial charge in [-0.25, -0.2) is 0 Å². The van der Waals surface area contributed by atoms with Crippen molar-refractivity contribution >= 4 is 17.6 Å². The molecule has 0 aliphatic heterocycles. The Balaban J connectivity index is 2.71. The SMILES string of the molecule is CCC(C)n1c(-c2cccs2)ccc(C=O)c1=O. The average molecular weight is 261 g/mol. The molecule has 0 aliphatic carbocycles. The third-order valence-corrected chi connectivity index (χ3v) is 3.97.